The van der Waals surface area contributed by atoms with Gasteiger partial charge in [-0.25, -0.2) is 0 Å². The van der Waals surface area contributed by atoms with Gasteiger partial charge in [-0.05, 0) is 42.3 Å². The fourth-order valence-corrected chi connectivity index (χ4v) is 2.61. The molecule has 0 saturated heterocycles. The molecule has 0 bridgehead atoms. The molecule has 0 atom stereocenters. The van der Waals surface area contributed by atoms with Gasteiger partial charge in [0, 0.05) is 37.6 Å². The second-order valence-electron chi connectivity index (χ2n) is 5.28. The minimum absolute atomic E-state index is 0.0836. The molecule has 0 unspecified atom stereocenters. The van der Waals surface area contributed by atoms with E-state index in [-0.39, 0.29) is 5.91 Å². The number of anilines is 2. The van der Waals surface area contributed by atoms with Gasteiger partial charge in [0.25, 0.3) is 5.91 Å². The van der Waals surface area contributed by atoms with Gasteiger partial charge in [0.1, 0.15) is 0 Å². The first kappa shape index (κ1) is 12.7. The summed E-state index contributed by atoms with van der Waals surface area (Å²) in [7, 11) is 3.99. The molecule has 0 fully saturated rings. The Hall–Kier alpha value is -2.29. The Labute approximate surface area is 119 Å². The first-order valence-electron chi connectivity index (χ1n) is 6.84. The normalized spacial score (nSPS) is 13.2. The second kappa shape index (κ2) is 5.00. The smallest absolute Gasteiger partial charge is 0.258 e. The molecule has 3 rings (SSSR count). The Morgan fingerprint density at radius 3 is 2.45 bits per heavy atom. The summed E-state index contributed by atoms with van der Waals surface area (Å²) in [5.41, 5.74) is 4.15. The van der Waals surface area contributed by atoms with Crippen LogP contribution in [0.3, 0.4) is 0 Å². The molecule has 0 aromatic heterocycles. The van der Waals surface area contributed by atoms with E-state index in [4.69, 9.17) is 0 Å². The van der Waals surface area contributed by atoms with Crippen LogP contribution in [0.5, 0.6) is 0 Å². The summed E-state index contributed by atoms with van der Waals surface area (Å²) in [5.74, 6) is 0.0836. The van der Waals surface area contributed by atoms with Crippen LogP contribution in [0, 0.1) is 0 Å². The molecule has 0 spiro atoms. The number of para-hydroxylation sites is 1. The van der Waals surface area contributed by atoms with Crippen molar-refractivity contribution in [3.8, 4) is 0 Å². The molecule has 1 heterocycles. The van der Waals surface area contributed by atoms with Crippen molar-refractivity contribution in [2.24, 2.45) is 0 Å². The van der Waals surface area contributed by atoms with Crippen molar-refractivity contribution in [1.29, 1.82) is 0 Å². The Morgan fingerprint density at radius 1 is 1.05 bits per heavy atom. The number of fused-ring (bicyclic) bond motifs is 1. The number of carbonyl (C=O) groups is 1. The first-order valence-corrected chi connectivity index (χ1v) is 6.84. The van der Waals surface area contributed by atoms with Crippen LogP contribution in [0.15, 0.2) is 48.5 Å². The average Bonchev–Trinajstić information content (AvgIpc) is 2.90. The average molecular weight is 266 g/mol. The molecule has 20 heavy (non-hydrogen) atoms. The summed E-state index contributed by atoms with van der Waals surface area (Å²) >= 11 is 0. The fraction of sp³-hybridized carbons (Fsp3) is 0.235. The summed E-state index contributed by atoms with van der Waals surface area (Å²) in [6.07, 6.45) is 0.942. The van der Waals surface area contributed by atoms with E-state index < -0.39 is 0 Å². The SMILES string of the molecule is CN(C)c1ccc(C(=O)N2CCc3ccccc32)cc1. The van der Waals surface area contributed by atoms with Crippen LogP contribution < -0.4 is 9.80 Å². The van der Waals surface area contributed by atoms with Crippen LogP contribution >= 0.6 is 0 Å². The van der Waals surface area contributed by atoms with Gasteiger partial charge in [-0.3, -0.25) is 4.79 Å². The van der Waals surface area contributed by atoms with Crippen molar-refractivity contribution in [1.82, 2.24) is 0 Å². The highest BCUT2D eigenvalue weighted by Gasteiger charge is 2.24. The Bertz CT molecular complexity index is 632. The highest BCUT2D eigenvalue weighted by Crippen LogP contribution is 2.29. The van der Waals surface area contributed by atoms with E-state index in [2.05, 4.69) is 6.07 Å². The molecule has 0 aliphatic carbocycles. The fourth-order valence-electron chi connectivity index (χ4n) is 2.61. The molecular formula is C17H18N2O. The van der Waals surface area contributed by atoms with E-state index in [1.807, 2.05) is 66.4 Å². The van der Waals surface area contributed by atoms with Crippen molar-refractivity contribution in [2.45, 2.75) is 6.42 Å². The Kier molecular flexibility index (Phi) is 3.18. The van der Waals surface area contributed by atoms with Gasteiger partial charge in [-0.15, -0.1) is 0 Å². The zero-order valence-electron chi connectivity index (χ0n) is 11.8. The third-order valence-corrected chi connectivity index (χ3v) is 3.76. The maximum atomic E-state index is 12.6. The molecule has 1 amide bonds. The minimum Gasteiger partial charge on any atom is -0.378 e. The number of benzene rings is 2. The predicted octanol–water partition coefficient (Wildman–Crippen LogP) is 2.96. The van der Waals surface area contributed by atoms with E-state index >= 15 is 0 Å². The van der Waals surface area contributed by atoms with E-state index in [9.17, 15) is 4.79 Å². The molecular weight excluding hydrogens is 248 g/mol. The zero-order chi connectivity index (χ0) is 14.1. The van der Waals surface area contributed by atoms with Crippen LogP contribution in [-0.4, -0.2) is 26.5 Å². The van der Waals surface area contributed by atoms with Crippen molar-refractivity contribution < 1.29 is 4.79 Å². The van der Waals surface area contributed by atoms with Gasteiger partial charge in [-0.2, -0.15) is 0 Å². The van der Waals surface area contributed by atoms with Crippen LogP contribution in [0.1, 0.15) is 15.9 Å². The van der Waals surface area contributed by atoms with Crippen molar-refractivity contribution in [3.63, 3.8) is 0 Å². The first-order chi connectivity index (χ1) is 9.66. The lowest BCUT2D eigenvalue weighted by Crippen LogP contribution is -2.28. The molecule has 0 N–H and O–H groups in total. The van der Waals surface area contributed by atoms with Crippen LogP contribution in [0.25, 0.3) is 0 Å². The van der Waals surface area contributed by atoms with Crippen LogP contribution in [0.4, 0.5) is 11.4 Å². The number of amides is 1. The van der Waals surface area contributed by atoms with Crippen molar-refractivity contribution in [3.05, 3.63) is 59.7 Å². The standard InChI is InChI=1S/C17H18N2O/c1-18(2)15-9-7-14(8-10-15)17(20)19-12-11-13-5-3-4-6-16(13)19/h3-10H,11-12H2,1-2H3. The molecule has 1 aliphatic heterocycles. The molecule has 0 saturated carbocycles. The van der Waals surface area contributed by atoms with Gasteiger partial charge in [-0.1, -0.05) is 18.2 Å². The molecule has 3 nitrogen and oxygen atoms in total. The topological polar surface area (TPSA) is 23.6 Å². The lowest BCUT2D eigenvalue weighted by atomic mass is 10.1. The quantitative estimate of drug-likeness (QED) is 0.834. The maximum Gasteiger partial charge on any atom is 0.258 e. The second-order valence-corrected chi connectivity index (χ2v) is 5.28. The summed E-state index contributed by atoms with van der Waals surface area (Å²) in [5, 5.41) is 0. The number of hydrogen-bond acceptors (Lipinski definition) is 2. The zero-order valence-corrected chi connectivity index (χ0v) is 11.8. The summed E-state index contributed by atoms with van der Waals surface area (Å²) < 4.78 is 0. The lowest BCUT2D eigenvalue weighted by molar-refractivity contribution is 0.0989. The Morgan fingerprint density at radius 2 is 1.75 bits per heavy atom. The van der Waals surface area contributed by atoms with Crippen molar-refractivity contribution in [2.75, 3.05) is 30.4 Å². The number of nitrogens with zero attached hydrogens (tertiary/aromatic N) is 2. The number of rotatable bonds is 2. The van der Waals surface area contributed by atoms with Crippen LogP contribution in [0.2, 0.25) is 0 Å². The lowest BCUT2D eigenvalue weighted by Gasteiger charge is -2.18. The molecule has 102 valence electrons. The van der Waals surface area contributed by atoms with Crippen LogP contribution in [-0.2, 0) is 6.42 Å². The summed E-state index contributed by atoms with van der Waals surface area (Å²) in [6, 6.07) is 15.9. The molecule has 2 aromatic rings. The van der Waals surface area contributed by atoms with Crippen molar-refractivity contribution >= 4 is 17.3 Å². The highest BCUT2D eigenvalue weighted by molar-refractivity contribution is 6.07. The monoisotopic (exact) mass is 266 g/mol. The van der Waals surface area contributed by atoms with Gasteiger partial charge < -0.3 is 9.80 Å². The van der Waals surface area contributed by atoms with Gasteiger partial charge in [0.2, 0.25) is 0 Å². The summed E-state index contributed by atoms with van der Waals surface area (Å²) in [4.78, 5) is 16.5. The van der Waals surface area contributed by atoms with E-state index in [0.29, 0.717) is 0 Å². The van der Waals surface area contributed by atoms with Gasteiger partial charge in [0.15, 0.2) is 0 Å². The molecule has 2 aromatic carbocycles. The largest absolute Gasteiger partial charge is 0.378 e. The predicted molar refractivity (Wildman–Crippen MR) is 82.6 cm³/mol. The molecule has 3 heteroatoms. The van der Waals surface area contributed by atoms with Gasteiger partial charge in [0.05, 0.1) is 0 Å². The van der Waals surface area contributed by atoms with E-state index in [1.54, 1.807) is 0 Å². The number of carbonyl (C=O) groups excluding carboxylic acids is 1. The summed E-state index contributed by atoms with van der Waals surface area (Å²) in [6.45, 7) is 0.771. The maximum absolute atomic E-state index is 12.6. The highest BCUT2D eigenvalue weighted by atomic mass is 16.2. The number of hydrogen-bond donors (Lipinski definition) is 0. The van der Waals surface area contributed by atoms with E-state index in [1.165, 1.54) is 5.56 Å². The van der Waals surface area contributed by atoms with E-state index in [0.717, 1.165) is 29.9 Å². The molecule has 0 radical (unpaired) electrons. The third kappa shape index (κ3) is 2.16. The Balaban J connectivity index is 1.87. The minimum atomic E-state index is 0.0836. The van der Waals surface area contributed by atoms with Gasteiger partial charge >= 0.3 is 0 Å². The third-order valence-electron chi connectivity index (χ3n) is 3.76. The molecule has 1 aliphatic rings.